The topological polar surface area (TPSA) is 43.1 Å². The van der Waals surface area contributed by atoms with Crippen molar-refractivity contribution >= 4 is 5.91 Å². The van der Waals surface area contributed by atoms with E-state index in [1.807, 2.05) is 0 Å². The monoisotopic (exact) mass is 171 g/mol. The molecule has 0 aliphatic heterocycles. The summed E-state index contributed by atoms with van der Waals surface area (Å²) < 4.78 is 0. The Kier molecular flexibility index (Phi) is 6.82. The zero-order chi connectivity index (χ0) is 9.40. The van der Waals surface area contributed by atoms with Crippen LogP contribution >= 0.6 is 0 Å². The highest BCUT2D eigenvalue weighted by atomic mass is 16.1. The molecule has 2 N–H and O–H groups in total. The summed E-state index contributed by atoms with van der Waals surface area (Å²) in [6.07, 6.45) is 6.56. The van der Waals surface area contributed by atoms with Gasteiger partial charge < -0.3 is 5.73 Å². The molecule has 0 spiro atoms. The third-order valence-electron chi connectivity index (χ3n) is 2.28. The van der Waals surface area contributed by atoms with Gasteiger partial charge in [0, 0.05) is 6.42 Å². The fourth-order valence-electron chi connectivity index (χ4n) is 1.42. The van der Waals surface area contributed by atoms with Crippen molar-refractivity contribution in [1.29, 1.82) is 0 Å². The van der Waals surface area contributed by atoms with Crippen molar-refractivity contribution in [3.8, 4) is 0 Å². The summed E-state index contributed by atoms with van der Waals surface area (Å²) in [7, 11) is 0. The number of carbonyl (C=O) groups excluding carboxylic acids is 1. The standard InChI is InChI=1S/C10H21NO/c1-3-5-6-7-9(4-2)8-10(11)12/h9H,3-8H2,1-2H3,(H2,11,12). The molecule has 1 unspecified atom stereocenters. The molecule has 0 rings (SSSR count). The van der Waals surface area contributed by atoms with Gasteiger partial charge in [0.2, 0.25) is 5.91 Å². The highest BCUT2D eigenvalue weighted by Gasteiger charge is 2.08. The van der Waals surface area contributed by atoms with Crippen molar-refractivity contribution in [2.45, 2.75) is 52.4 Å². The number of unbranched alkanes of at least 4 members (excludes halogenated alkanes) is 2. The highest BCUT2D eigenvalue weighted by Crippen LogP contribution is 2.16. The third-order valence-corrected chi connectivity index (χ3v) is 2.28. The lowest BCUT2D eigenvalue weighted by Gasteiger charge is -2.11. The SMILES string of the molecule is CCCCCC(CC)CC(N)=O. The Balaban J connectivity index is 3.46. The second kappa shape index (κ2) is 7.14. The predicted molar refractivity (Wildman–Crippen MR) is 51.7 cm³/mol. The van der Waals surface area contributed by atoms with Gasteiger partial charge in [0.1, 0.15) is 0 Å². The lowest BCUT2D eigenvalue weighted by molar-refractivity contribution is -0.119. The van der Waals surface area contributed by atoms with E-state index in [0.717, 1.165) is 12.8 Å². The van der Waals surface area contributed by atoms with E-state index in [9.17, 15) is 4.79 Å². The average Bonchev–Trinajstić information content (AvgIpc) is 2.02. The lowest BCUT2D eigenvalue weighted by atomic mass is 9.95. The van der Waals surface area contributed by atoms with Gasteiger partial charge in [-0.25, -0.2) is 0 Å². The highest BCUT2D eigenvalue weighted by molar-refractivity contribution is 5.73. The zero-order valence-corrected chi connectivity index (χ0v) is 8.31. The van der Waals surface area contributed by atoms with Gasteiger partial charge in [-0.1, -0.05) is 39.5 Å². The second-order valence-electron chi connectivity index (χ2n) is 3.44. The van der Waals surface area contributed by atoms with E-state index >= 15 is 0 Å². The van der Waals surface area contributed by atoms with Crippen molar-refractivity contribution in [3.05, 3.63) is 0 Å². The Labute approximate surface area is 75.5 Å². The lowest BCUT2D eigenvalue weighted by Crippen LogP contribution is -2.15. The van der Waals surface area contributed by atoms with Crippen LogP contribution in [0.5, 0.6) is 0 Å². The van der Waals surface area contributed by atoms with E-state index in [-0.39, 0.29) is 5.91 Å². The molecular weight excluding hydrogens is 150 g/mol. The number of hydrogen-bond acceptors (Lipinski definition) is 1. The van der Waals surface area contributed by atoms with Gasteiger partial charge in [0.15, 0.2) is 0 Å². The molecule has 1 amide bonds. The van der Waals surface area contributed by atoms with Crippen LogP contribution in [0, 0.1) is 5.92 Å². The predicted octanol–water partition coefficient (Wildman–Crippen LogP) is 2.47. The first-order chi connectivity index (χ1) is 5.70. The van der Waals surface area contributed by atoms with Gasteiger partial charge in [0.25, 0.3) is 0 Å². The molecule has 0 aromatic rings. The minimum absolute atomic E-state index is 0.154. The second-order valence-corrected chi connectivity index (χ2v) is 3.44. The first kappa shape index (κ1) is 11.5. The van der Waals surface area contributed by atoms with Gasteiger partial charge in [-0.2, -0.15) is 0 Å². The minimum atomic E-state index is -0.154. The number of nitrogens with two attached hydrogens (primary N) is 1. The summed E-state index contributed by atoms with van der Waals surface area (Å²) in [5.74, 6) is 0.368. The number of primary amides is 1. The third kappa shape index (κ3) is 6.20. The summed E-state index contributed by atoms with van der Waals surface area (Å²) >= 11 is 0. The Morgan fingerprint density at radius 1 is 1.33 bits per heavy atom. The summed E-state index contributed by atoms with van der Waals surface area (Å²) in [6, 6.07) is 0. The Morgan fingerprint density at radius 2 is 2.00 bits per heavy atom. The molecule has 1 atom stereocenters. The first-order valence-electron chi connectivity index (χ1n) is 4.99. The van der Waals surface area contributed by atoms with Gasteiger partial charge in [-0.3, -0.25) is 4.79 Å². The number of amides is 1. The fourth-order valence-corrected chi connectivity index (χ4v) is 1.42. The van der Waals surface area contributed by atoms with Crippen molar-refractivity contribution in [3.63, 3.8) is 0 Å². The maximum atomic E-state index is 10.6. The van der Waals surface area contributed by atoms with Crippen LogP contribution in [0.25, 0.3) is 0 Å². The van der Waals surface area contributed by atoms with Crippen LogP contribution in [-0.2, 0) is 4.79 Å². The van der Waals surface area contributed by atoms with E-state index < -0.39 is 0 Å². The molecule has 0 saturated carbocycles. The Bertz CT molecular complexity index is 123. The fraction of sp³-hybridized carbons (Fsp3) is 0.900. The molecule has 2 heteroatoms. The largest absolute Gasteiger partial charge is 0.370 e. The Morgan fingerprint density at radius 3 is 2.42 bits per heavy atom. The van der Waals surface area contributed by atoms with Gasteiger partial charge in [-0.05, 0) is 12.3 Å². The summed E-state index contributed by atoms with van der Waals surface area (Å²) in [6.45, 7) is 4.31. The Hall–Kier alpha value is -0.530. The zero-order valence-electron chi connectivity index (χ0n) is 8.31. The molecule has 12 heavy (non-hydrogen) atoms. The molecule has 0 heterocycles. The molecule has 0 bridgehead atoms. The first-order valence-corrected chi connectivity index (χ1v) is 4.99. The maximum absolute atomic E-state index is 10.6. The molecule has 0 radical (unpaired) electrons. The van der Waals surface area contributed by atoms with Gasteiger partial charge >= 0.3 is 0 Å². The van der Waals surface area contributed by atoms with E-state index in [0.29, 0.717) is 12.3 Å². The van der Waals surface area contributed by atoms with E-state index in [1.165, 1.54) is 19.3 Å². The van der Waals surface area contributed by atoms with Crippen LogP contribution in [0.15, 0.2) is 0 Å². The van der Waals surface area contributed by atoms with Crippen molar-refractivity contribution in [2.24, 2.45) is 11.7 Å². The molecule has 0 aromatic heterocycles. The average molecular weight is 171 g/mol. The summed E-state index contributed by atoms with van der Waals surface area (Å²) in [5, 5.41) is 0. The molecule has 0 fully saturated rings. The van der Waals surface area contributed by atoms with Crippen LogP contribution in [-0.4, -0.2) is 5.91 Å². The summed E-state index contributed by atoms with van der Waals surface area (Å²) in [5.41, 5.74) is 5.13. The number of rotatable bonds is 7. The van der Waals surface area contributed by atoms with Crippen LogP contribution in [0.3, 0.4) is 0 Å². The molecule has 2 nitrogen and oxygen atoms in total. The molecule has 0 aliphatic carbocycles. The van der Waals surface area contributed by atoms with Crippen LogP contribution in [0.2, 0.25) is 0 Å². The van der Waals surface area contributed by atoms with Crippen LogP contribution < -0.4 is 5.73 Å². The maximum Gasteiger partial charge on any atom is 0.217 e. The van der Waals surface area contributed by atoms with Crippen molar-refractivity contribution in [1.82, 2.24) is 0 Å². The smallest absolute Gasteiger partial charge is 0.217 e. The molecule has 0 aliphatic rings. The molecule has 0 saturated heterocycles. The van der Waals surface area contributed by atoms with Gasteiger partial charge in [-0.15, -0.1) is 0 Å². The molecular formula is C10H21NO. The van der Waals surface area contributed by atoms with Crippen molar-refractivity contribution in [2.75, 3.05) is 0 Å². The summed E-state index contributed by atoms with van der Waals surface area (Å²) in [4.78, 5) is 10.6. The number of carbonyl (C=O) groups is 1. The van der Waals surface area contributed by atoms with Crippen LogP contribution in [0.4, 0.5) is 0 Å². The quantitative estimate of drug-likeness (QED) is 0.587. The minimum Gasteiger partial charge on any atom is -0.370 e. The van der Waals surface area contributed by atoms with E-state index in [2.05, 4.69) is 13.8 Å². The van der Waals surface area contributed by atoms with Gasteiger partial charge in [0.05, 0.1) is 0 Å². The normalized spacial score (nSPS) is 12.8. The molecule has 72 valence electrons. The van der Waals surface area contributed by atoms with Crippen LogP contribution in [0.1, 0.15) is 52.4 Å². The number of hydrogen-bond donors (Lipinski definition) is 1. The van der Waals surface area contributed by atoms with E-state index in [1.54, 1.807) is 0 Å². The molecule has 0 aromatic carbocycles. The van der Waals surface area contributed by atoms with Crippen molar-refractivity contribution < 1.29 is 4.79 Å². The van der Waals surface area contributed by atoms with E-state index in [4.69, 9.17) is 5.73 Å².